The predicted molar refractivity (Wildman–Crippen MR) is 48.6 cm³/mol. The molecule has 1 rings (SSSR count). The van der Waals surface area contributed by atoms with Crippen molar-refractivity contribution in [2.45, 2.75) is 19.8 Å². The van der Waals surface area contributed by atoms with Crippen LogP contribution in [0.25, 0.3) is 0 Å². The molecule has 14 heavy (non-hydrogen) atoms. The molecule has 2 N–H and O–H groups in total. The van der Waals surface area contributed by atoms with Crippen molar-refractivity contribution in [1.29, 1.82) is 0 Å². The lowest BCUT2D eigenvalue weighted by molar-refractivity contribution is -0.0561. The molecule has 1 aromatic carbocycles. The number of aromatic hydroxyl groups is 1. The van der Waals surface area contributed by atoms with Crippen LogP contribution in [-0.2, 0) is 5.92 Å². The number of aliphatic hydroxyl groups is 1. The maximum absolute atomic E-state index is 13.1. The highest BCUT2D eigenvalue weighted by molar-refractivity contribution is 5.44. The Morgan fingerprint density at radius 3 is 2.29 bits per heavy atom. The molecule has 0 unspecified atom stereocenters. The molecule has 4 heteroatoms. The smallest absolute Gasteiger partial charge is 0.296 e. The van der Waals surface area contributed by atoms with Crippen molar-refractivity contribution < 1.29 is 19.0 Å². The van der Waals surface area contributed by atoms with Gasteiger partial charge in [-0.05, 0) is 37.1 Å². The predicted octanol–water partition coefficient (Wildman–Crippen LogP) is 2.09. The number of hydrogen-bond donors (Lipinski definition) is 2. The molecule has 78 valence electrons. The third-order valence-electron chi connectivity index (χ3n) is 2.35. The highest BCUT2D eigenvalue weighted by Crippen LogP contribution is 2.33. The van der Waals surface area contributed by atoms with Crippen molar-refractivity contribution in [2.24, 2.45) is 0 Å². The van der Waals surface area contributed by atoms with E-state index in [1.54, 1.807) is 6.92 Å². The Labute approximate surface area is 80.8 Å². The Bertz CT molecular complexity index is 348. The van der Waals surface area contributed by atoms with E-state index in [0.29, 0.717) is 11.1 Å². The zero-order valence-electron chi connectivity index (χ0n) is 8.01. The summed E-state index contributed by atoms with van der Waals surface area (Å²) in [5.74, 6) is -3.26. The second-order valence-electron chi connectivity index (χ2n) is 3.24. The molecule has 0 aromatic heterocycles. The van der Waals surface area contributed by atoms with Crippen molar-refractivity contribution in [3.8, 4) is 5.75 Å². The summed E-state index contributed by atoms with van der Waals surface area (Å²) in [4.78, 5) is 0. The maximum atomic E-state index is 13.1. The molecular weight excluding hydrogens is 190 g/mol. The van der Waals surface area contributed by atoms with Gasteiger partial charge in [0.2, 0.25) is 0 Å². The average molecular weight is 202 g/mol. The lowest BCUT2D eigenvalue weighted by atomic mass is 9.98. The van der Waals surface area contributed by atoms with Crippen LogP contribution in [0.5, 0.6) is 5.75 Å². The van der Waals surface area contributed by atoms with E-state index in [1.807, 2.05) is 0 Å². The van der Waals surface area contributed by atoms with Gasteiger partial charge in [0.15, 0.2) is 0 Å². The van der Waals surface area contributed by atoms with E-state index in [0.717, 1.165) is 6.07 Å². The number of hydrogen-bond acceptors (Lipinski definition) is 2. The van der Waals surface area contributed by atoms with Crippen LogP contribution < -0.4 is 0 Å². The van der Waals surface area contributed by atoms with Crippen LogP contribution in [0.3, 0.4) is 0 Å². The van der Waals surface area contributed by atoms with E-state index in [1.165, 1.54) is 13.0 Å². The fraction of sp³-hybridized carbons (Fsp3) is 0.400. The van der Waals surface area contributed by atoms with Gasteiger partial charge in [0, 0.05) is 5.56 Å². The van der Waals surface area contributed by atoms with E-state index < -0.39 is 12.5 Å². The number of phenolic OH excluding ortho intramolecular Hbond substituents is 1. The lowest BCUT2D eigenvalue weighted by Gasteiger charge is -2.17. The first-order chi connectivity index (χ1) is 6.40. The monoisotopic (exact) mass is 202 g/mol. The molecule has 0 spiro atoms. The van der Waals surface area contributed by atoms with Crippen LogP contribution in [0.4, 0.5) is 8.78 Å². The molecule has 0 atom stereocenters. The zero-order valence-corrected chi connectivity index (χ0v) is 8.01. The molecule has 0 aliphatic carbocycles. The third kappa shape index (κ3) is 1.70. The minimum absolute atomic E-state index is 0.0139. The van der Waals surface area contributed by atoms with Gasteiger partial charge in [-0.15, -0.1) is 0 Å². The minimum Gasteiger partial charge on any atom is -0.508 e. The Balaban J connectivity index is 3.31. The van der Waals surface area contributed by atoms with Crippen LogP contribution in [0.2, 0.25) is 0 Å². The molecule has 0 saturated carbocycles. The summed E-state index contributed by atoms with van der Waals surface area (Å²) in [6.07, 6.45) is 0. The summed E-state index contributed by atoms with van der Waals surface area (Å²) in [5, 5.41) is 17.8. The minimum atomic E-state index is -3.25. The van der Waals surface area contributed by atoms with Gasteiger partial charge < -0.3 is 10.2 Å². The number of halogens is 2. The van der Waals surface area contributed by atoms with Crippen molar-refractivity contribution in [3.63, 3.8) is 0 Å². The van der Waals surface area contributed by atoms with E-state index in [-0.39, 0.29) is 11.3 Å². The topological polar surface area (TPSA) is 40.5 Å². The molecule has 0 amide bonds. The summed E-state index contributed by atoms with van der Waals surface area (Å²) in [6, 6.07) is 2.34. The largest absolute Gasteiger partial charge is 0.508 e. The number of aliphatic hydroxyl groups excluding tert-OH is 1. The van der Waals surface area contributed by atoms with Crippen LogP contribution in [-0.4, -0.2) is 16.8 Å². The third-order valence-corrected chi connectivity index (χ3v) is 2.35. The van der Waals surface area contributed by atoms with Gasteiger partial charge in [0.25, 0.3) is 5.92 Å². The highest BCUT2D eigenvalue weighted by Gasteiger charge is 2.32. The summed E-state index contributed by atoms with van der Waals surface area (Å²) >= 11 is 0. The van der Waals surface area contributed by atoms with Crippen molar-refractivity contribution in [2.75, 3.05) is 6.61 Å². The van der Waals surface area contributed by atoms with E-state index in [2.05, 4.69) is 0 Å². The van der Waals surface area contributed by atoms with Gasteiger partial charge in [0.1, 0.15) is 12.4 Å². The van der Waals surface area contributed by atoms with E-state index in [4.69, 9.17) is 5.11 Å². The number of phenols is 1. The quantitative estimate of drug-likeness (QED) is 0.770. The summed E-state index contributed by atoms with van der Waals surface area (Å²) in [7, 11) is 0. The molecule has 0 aliphatic heterocycles. The van der Waals surface area contributed by atoms with Crippen molar-refractivity contribution in [1.82, 2.24) is 0 Å². The molecule has 2 nitrogen and oxygen atoms in total. The normalized spacial score (nSPS) is 11.8. The van der Waals surface area contributed by atoms with Gasteiger partial charge in [0.05, 0.1) is 0 Å². The Hall–Kier alpha value is -1.16. The summed E-state index contributed by atoms with van der Waals surface area (Å²) in [5.41, 5.74) is 0.481. The Kier molecular flexibility index (Phi) is 2.76. The first-order valence-electron chi connectivity index (χ1n) is 4.18. The van der Waals surface area contributed by atoms with Gasteiger partial charge >= 0.3 is 0 Å². The zero-order chi connectivity index (χ0) is 10.9. The first-order valence-corrected chi connectivity index (χ1v) is 4.18. The summed E-state index contributed by atoms with van der Waals surface area (Å²) in [6.45, 7) is 1.83. The molecule has 0 saturated heterocycles. The maximum Gasteiger partial charge on any atom is 0.296 e. The summed E-state index contributed by atoms with van der Waals surface area (Å²) < 4.78 is 26.3. The van der Waals surface area contributed by atoms with Crippen molar-refractivity contribution in [3.05, 3.63) is 28.8 Å². The van der Waals surface area contributed by atoms with Crippen LogP contribution in [0.15, 0.2) is 12.1 Å². The number of alkyl halides is 2. The molecule has 0 bridgehead atoms. The number of rotatable bonds is 2. The van der Waals surface area contributed by atoms with Crippen molar-refractivity contribution >= 4 is 0 Å². The lowest BCUT2D eigenvalue weighted by Crippen LogP contribution is -2.20. The van der Waals surface area contributed by atoms with Crippen LogP contribution in [0.1, 0.15) is 16.7 Å². The highest BCUT2D eigenvalue weighted by atomic mass is 19.3. The first kappa shape index (κ1) is 10.9. The molecule has 0 heterocycles. The standard InChI is InChI=1S/C10H12F2O2/c1-6-7(2)9(14)4-3-8(6)10(11,12)5-13/h3-4,13-14H,5H2,1-2H3. The SMILES string of the molecule is Cc1c(O)ccc(C(F)(F)CO)c1C. The molecule has 0 aliphatic rings. The van der Waals surface area contributed by atoms with Crippen LogP contribution in [0, 0.1) is 13.8 Å². The molecular formula is C10H12F2O2. The van der Waals surface area contributed by atoms with Gasteiger partial charge in [-0.2, -0.15) is 8.78 Å². The Morgan fingerprint density at radius 1 is 1.21 bits per heavy atom. The molecule has 1 aromatic rings. The Morgan fingerprint density at radius 2 is 1.79 bits per heavy atom. The molecule has 0 fully saturated rings. The second-order valence-corrected chi connectivity index (χ2v) is 3.24. The molecule has 0 radical (unpaired) electrons. The van der Waals surface area contributed by atoms with Gasteiger partial charge in [-0.3, -0.25) is 0 Å². The fourth-order valence-electron chi connectivity index (χ4n) is 1.29. The van der Waals surface area contributed by atoms with E-state index in [9.17, 15) is 13.9 Å². The fourth-order valence-corrected chi connectivity index (χ4v) is 1.29. The van der Waals surface area contributed by atoms with Gasteiger partial charge in [-0.1, -0.05) is 0 Å². The van der Waals surface area contributed by atoms with E-state index >= 15 is 0 Å². The second kappa shape index (κ2) is 3.53. The average Bonchev–Trinajstić information content (AvgIpc) is 2.14. The number of benzene rings is 1. The van der Waals surface area contributed by atoms with Crippen LogP contribution >= 0.6 is 0 Å². The van der Waals surface area contributed by atoms with Gasteiger partial charge in [-0.25, -0.2) is 0 Å².